The predicted octanol–water partition coefficient (Wildman–Crippen LogP) is 2.87. The Morgan fingerprint density at radius 2 is 2.33 bits per heavy atom. The molecule has 0 N–H and O–H groups in total. The van der Waals surface area contributed by atoms with Crippen molar-refractivity contribution in [3.05, 3.63) is 37.0 Å². The van der Waals surface area contributed by atoms with Crippen LogP contribution in [-0.4, -0.2) is 25.4 Å². The smallest absolute Gasteiger partial charge is 0.0802 e. The molecule has 1 rings (SSSR count). The second-order valence-electron chi connectivity index (χ2n) is 3.69. The summed E-state index contributed by atoms with van der Waals surface area (Å²) in [6.07, 6.45) is 8.19. The third kappa shape index (κ3) is 4.02. The standard InChI is InChI=1S/C13H20O2/c1-4-8-14-9-6-7-12-10-11(3)13(5-2)15-12/h4,6-7,12-13H,1,3,5,8-10H2,2H3/b7-6+/t12-,13?/m0/s1. The van der Waals surface area contributed by atoms with Gasteiger partial charge in [-0.05, 0) is 12.0 Å². The average molecular weight is 208 g/mol. The van der Waals surface area contributed by atoms with Crippen LogP contribution in [0.15, 0.2) is 37.0 Å². The number of hydrogen-bond acceptors (Lipinski definition) is 2. The van der Waals surface area contributed by atoms with Gasteiger partial charge in [-0.15, -0.1) is 6.58 Å². The molecule has 0 radical (unpaired) electrons. The highest BCUT2D eigenvalue weighted by atomic mass is 16.5. The molecule has 2 heteroatoms. The third-order valence-electron chi connectivity index (χ3n) is 2.43. The fraction of sp³-hybridized carbons (Fsp3) is 0.538. The molecule has 0 amide bonds. The van der Waals surface area contributed by atoms with Gasteiger partial charge < -0.3 is 9.47 Å². The molecule has 1 fully saturated rings. The van der Waals surface area contributed by atoms with Gasteiger partial charge >= 0.3 is 0 Å². The summed E-state index contributed by atoms with van der Waals surface area (Å²) >= 11 is 0. The Labute approximate surface area is 92.3 Å². The topological polar surface area (TPSA) is 18.5 Å². The molecule has 15 heavy (non-hydrogen) atoms. The molecule has 0 saturated carbocycles. The quantitative estimate of drug-likeness (QED) is 0.493. The molecule has 1 aliphatic rings. The Morgan fingerprint density at radius 1 is 1.53 bits per heavy atom. The first-order chi connectivity index (χ1) is 7.27. The Bertz CT molecular complexity index is 243. The van der Waals surface area contributed by atoms with Crippen molar-refractivity contribution in [2.45, 2.75) is 32.0 Å². The van der Waals surface area contributed by atoms with E-state index in [2.05, 4.69) is 26.2 Å². The minimum Gasteiger partial charge on any atom is -0.373 e. The summed E-state index contributed by atoms with van der Waals surface area (Å²) < 4.78 is 11.0. The van der Waals surface area contributed by atoms with Crippen LogP contribution in [0.4, 0.5) is 0 Å². The number of rotatable bonds is 6. The molecule has 84 valence electrons. The molecule has 2 nitrogen and oxygen atoms in total. The average Bonchev–Trinajstić information content (AvgIpc) is 2.59. The lowest BCUT2D eigenvalue weighted by molar-refractivity contribution is 0.0778. The zero-order chi connectivity index (χ0) is 11.1. The van der Waals surface area contributed by atoms with E-state index in [1.54, 1.807) is 6.08 Å². The molecular weight excluding hydrogens is 188 g/mol. The summed E-state index contributed by atoms with van der Waals surface area (Å²) in [4.78, 5) is 0. The van der Waals surface area contributed by atoms with E-state index in [1.807, 2.05) is 6.08 Å². The summed E-state index contributed by atoms with van der Waals surface area (Å²) in [5, 5.41) is 0. The second kappa shape index (κ2) is 6.59. The lowest BCUT2D eigenvalue weighted by Gasteiger charge is -2.08. The van der Waals surface area contributed by atoms with Crippen LogP contribution in [-0.2, 0) is 9.47 Å². The van der Waals surface area contributed by atoms with E-state index in [0.29, 0.717) is 13.2 Å². The van der Waals surface area contributed by atoms with Gasteiger partial charge in [-0.2, -0.15) is 0 Å². The predicted molar refractivity (Wildman–Crippen MR) is 62.9 cm³/mol. The van der Waals surface area contributed by atoms with Crippen LogP contribution in [0, 0.1) is 0 Å². The van der Waals surface area contributed by atoms with Gasteiger partial charge in [0.15, 0.2) is 0 Å². The van der Waals surface area contributed by atoms with Crippen LogP contribution in [0.2, 0.25) is 0 Å². The molecule has 1 saturated heterocycles. The minimum absolute atomic E-state index is 0.190. The first-order valence-electron chi connectivity index (χ1n) is 5.46. The maximum Gasteiger partial charge on any atom is 0.0802 e. The van der Waals surface area contributed by atoms with E-state index in [1.165, 1.54) is 5.57 Å². The Kier molecular flexibility index (Phi) is 5.37. The summed E-state index contributed by atoms with van der Waals surface area (Å²) in [5.74, 6) is 0. The van der Waals surface area contributed by atoms with Crippen LogP contribution < -0.4 is 0 Å². The number of hydrogen-bond donors (Lipinski definition) is 0. The summed E-state index contributed by atoms with van der Waals surface area (Å²) in [6, 6.07) is 0. The first kappa shape index (κ1) is 12.2. The Morgan fingerprint density at radius 3 is 2.93 bits per heavy atom. The van der Waals surface area contributed by atoms with Gasteiger partial charge in [-0.1, -0.05) is 31.7 Å². The normalized spacial score (nSPS) is 26.3. The van der Waals surface area contributed by atoms with Crippen molar-refractivity contribution in [1.29, 1.82) is 0 Å². The lowest BCUT2D eigenvalue weighted by atomic mass is 10.1. The lowest BCUT2D eigenvalue weighted by Crippen LogP contribution is -2.08. The molecule has 0 spiro atoms. The van der Waals surface area contributed by atoms with E-state index >= 15 is 0 Å². The zero-order valence-corrected chi connectivity index (χ0v) is 9.45. The number of ether oxygens (including phenoxy) is 2. The van der Waals surface area contributed by atoms with E-state index in [9.17, 15) is 0 Å². The highest BCUT2D eigenvalue weighted by Crippen LogP contribution is 2.26. The van der Waals surface area contributed by atoms with Crippen molar-refractivity contribution in [2.75, 3.05) is 13.2 Å². The highest BCUT2D eigenvalue weighted by Gasteiger charge is 2.24. The van der Waals surface area contributed by atoms with E-state index < -0.39 is 0 Å². The van der Waals surface area contributed by atoms with Crippen molar-refractivity contribution in [3.63, 3.8) is 0 Å². The van der Waals surface area contributed by atoms with Gasteiger partial charge in [0.05, 0.1) is 25.4 Å². The van der Waals surface area contributed by atoms with Crippen LogP contribution >= 0.6 is 0 Å². The zero-order valence-electron chi connectivity index (χ0n) is 9.45. The maximum atomic E-state index is 5.77. The van der Waals surface area contributed by atoms with Gasteiger partial charge in [0, 0.05) is 6.42 Å². The molecule has 1 unspecified atom stereocenters. The largest absolute Gasteiger partial charge is 0.373 e. The Balaban J connectivity index is 2.22. The van der Waals surface area contributed by atoms with Gasteiger partial charge in [-0.3, -0.25) is 0 Å². The molecule has 0 bridgehead atoms. The van der Waals surface area contributed by atoms with Crippen LogP contribution in [0.3, 0.4) is 0 Å². The molecule has 0 aliphatic carbocycles. The van der Waals surface area contributed by atoms with Crippen molar-refractivity contribution in [2.24, 2.45) is 0 Å². The summed E-state index contributed by atoms with van der Waals surface area (Å²) in [5.41, 5.74) is 1.21. The first-order valence-corrected chi connectivity index (χ1v) is 5.46. The molecule has 0 aromatic carbocycles. The van der Waals surface area contributed by atoms with Crippen LogP contribution in [0.1, 0.15) is 19.8 Å². The molecule has 0 aromatic rings. The highest BCUT2D eigenvalue weighted by molar-refractivity contribution is 5.13. The molecule has 2 atom stereocenters. The van der Waals surface area contributed by atoms with Crippen molar-refractivity contribution in [1.82, 2.24) is 0 Å². The fourth-order valence-corrected chi connectivity index (χ4v) is 1.67. The van der Waals surface area contributed by atoms with E-state index in [4.69, 9.17) is 9.47 Å². The Hall–Kier alpha value is -0.860. The van der Waals surface area contributed by atoms with E-state index in [0.717, 1.165) is 12.8 Å². The van der Waals surface area contributed by atoms with E-state index in [-0.39, 0.29) is 12.2 Å². The van der Waals surface area contributed by atoms with Crippen molar-refractivity contribution in [3.8, 4) is 0 Å². The molecule has 0 aromatic heterocycles. The molecular formula is C13H20O2. The maximum absolute atomic E-state index is 5.77. The molecule has 1 aliphatic heterocycles. The minimum atomic E-state index is 0.190. The van der Waals surface area contributed by atoms with Gasteiger partial charge in [0.1, 0.15) is 0 Å². The summed E-state index contributed by atoms with van der Waals surface area (Å²) in [6.45, 7) is 10.9. The van der Waals surface area contributed by atoms with Gasteiger partial charge in [0.2, 0.25) is 0 Å². The second-order valence-corrected chi connectivity index (χ2v) is 3.69. The monoisotopic (exact) mass is 208 g/mol. The SMILES string of the molecule is C=CCOC/C=C/[C@H]1CC(=C)C(CC)O1. The summed E-state index contributed by atoms with van der Waals surface area (Å²) in [7, 11) is 0. The van der Waals surface area contributed by atoms with Gasteiger partial charge in [-0.25, -0.2) is 0 Å². The van der Waals surface area contributed by atoms with Crippen LogP contribution in [0.5, 0.6) is 0 Å². The van der Waals surface area contributed by atoms with Gasteiger partial charge in [0.25, 0.3) is 0 Å². The fourth-order valence-electron chi connectivity index (χ4n) is 1.67. The van der Waals surface area contributed by atoms with Crippen molar-refractivity contribution >= 4 is 0 Å². The molecule has 1 heterocycles. The van der Waals surface area contributed by atoms with Crippen molar-refractivity contribution < 1.29 is 9.47 Å². The third-order valence-corrected chi connectivity index (χ3v) is 2.43. The van der Waals surface area contributed by atoms with Crippen LogP contribution in [0.25, 0.3) is 0 Å².